The first-order valence-electron chi connectivity index (χ1n) is 7.78. The zero-order valence-corrected chi connectivity index (χ0v) is 15.0. The molecule has 0 spiro atoms. The van der Waals surface area contributed by atoms with Gasteiger partial charge in [0, 0.05) is 18.8 Å². The molecule has 1 aromatic carbocycles. The molecule has 2 heterocycles. The molecule has 1 N–H and O–H groups in total. The van der Waals surface area contributed by atoms with Crippen molar-refractivity contribution in [3.63, 3.8) is 0 Å². The highest BCUT2D eigenvalue weighted by atomic mass is 32.2. The van der Waals surface area contributed by atoms with E-state index in [-0.39, 0.29) is 12.4 Å². The molecule has 0 atom stereocenters. The second-order valence-corrected chi connectivity index (χ2v) is 6.37. The standard InChI is InChI=1S/C17H15FN4O4S/c1-22-10-19-21-17(22)27-9-13-6-14(23)15(7-25-13)26-8-16(24)20-12-4-2-11(18)3-5-12/h2-7,10H,8-9H2,1H3,(H,20,24). The number of anilines is 1. The lowest BCUT2D eigenvalue weighted by Crippen LogP contribution is -2.22. The van der Waals surface area contributed by atoms with E-state index in [4.69, 9.17) is 9.15 Å². The third-order valence-corrected chi connectivity index (χ3v) is 4.41. The second-order valence-electron chi connectivity index (χ2n) is 5.43. The molecule has 27 heavy (non-hydrogen) atoms. The Kier molecular flexibility index (Phi) is 5.87. The van der Waals surface area contributed by atoms with Crippen molar-refractivity contribution in [1.29, 1.82) is 0 Å². The number of nitrogens with zero attached hydrogens (tertiary/aromatic N) is 3. The maximum absolute atomic E-state index is 12.8. The van der Waals surface area contributed by atoms with Crippen LogP contribution in [0, 0.1) is 5.82 Å². The van der Waals surface area contributed by atoms with Crippen molar-refractivity contribution in [2.45, 2.75) is 10.9 Å². The van der Waals surface area contributed by atoms with Crippen molar-refractivity contribution in [3.8, 4) is 5.75 Å². The Morgan fingerprint density at radius 3 is 2.81 bits per heavy atom. The van der Waals surface area contributed by atoms with E-state index in [0.717, 1.165) is 0 Å². The molecule has 8 nitrogen and oxygen atoms in total. The number of thioether (sulfide) groups is 1. The van der Waals surface area contributed by atoms with Gasteiger partial charge in [-0.3, -0.25) is 9.59 Å². The molecule has 140 valence electrons. The predicted molar refractivity (Wildman–Crippen MR) is 96.1 cm³/mol. The third-order valence-electron chi connectivity index (χ3n) is 3.35. The summed E-state index contributed by atoms with van der Waals surface area (Å²) in [5.41, 5.74) is 0.0255. The number of nitrogens with one attached hydrogen (secondary N) is 1. The fourth-order valence-corrected chi connectivity index (χ4v) is 2.81. The first-order valence-corrected chi connectivity index (χ1v) is 8.76. The fourth-order valence-electron chi connectivity index (χ4n) is 2.03. The molecule has 0 aliphatic heterocycles. The molecule has 0 radical (unpaired) electrons. The van der Waals surface area contributed by atoms with E-state index in [0.29, 0.717) is 22.4 Å². The van der Waals surface area contributed by atoms with Crippen LogP contribution in [0.5, 0.6) is 5.75 Å². The van der Waals surface area contributed by atoms with Crippen LogP contribution in [0.25, 0.3) is 0 Å². The number of benzene rings is 1. The maximum atomic E-state index is 12.8. The van der Waals surface area contributed by atoms with Gasteiger partial charge in [-0.25, -0.2) is 4.39 Å². The van der Waals surface area contributed by atoms with Crippen LogP contribution in [0.1, 0.15) is 5.76 Å². The normalized spacial score (nSPS) is 10.6. The minimum Gasteiger partial charge on any atom is -0.477 e. The molecule has 10 heteroatoms. The lowest BCUT2D eigenvalue weighted by atomic mass is 10.3. The number of aromatic nitrogens is 3. The van der Waals surface area contributed by atoms with Gasteiger partial charge >= 0.3 is 0 Å². The predicted octanol–water partition coefficient (Wildman–Crippen LogP) is 2.22. The number of rotatable bonds is 7. The number of halogens is 1. The average molecular weight is 390 g/mol. The number of hydrogen-bond acceptors (Lipinski definition) is 7. The highest BCUT2D eigenvalue weighted by Gasteiger charge is 2.10. The molecule has 0 aliphatic rings. The molecule has 1 amide bonds. The molecule has 0 bridgehead atoms. The van der Waals surface area contributed by atoms with Gasteiger partial charge in [-0.2, -0.15) is 0 Å². The minimum absolute atomic E-state index is 0.0725. The second kappa shape index (κ2) is 8.49. The number of aryl methyl sites for hydroxylation is 1. The van der Waals surface area contributed by atoms with Crippen LogP contribution in [-0.2, 0) is 17.6 Å². The van der Waals surface area contributed by atoms with Crippen molar-refractivity contribution < 1.29 is 18.3 Å². The van der Waals surface area contributed by atoms with Gasteiger partial charge in [0.05, 0.1) is 5.75 Å². The van der Waals surface area contributed by atoms with Gasteiger partial charge < -0.3 is 19.0 Å². The van der Waals surface area contributed by atoms with Crippen LogP contribution in [0.3, 0.4) is 0 Å². The Morgan fingerprint density at radius 2 is 2.15 bits per heavy atom. The van der Waals surface area contributed by atoms with Crippen molar-refractivity contribution in [2.24, 2.45) is 7.05 Å². The highest BCUT2D eigenvalue weighted by molar-refractivity contribution is 7.98. The van der Waals surface area contributed by atoms with Crippen molar-refractivity contribution in [2.75, 3.05) is 11.9 Å². The molecule has 0 unspecified atom stereocenters. The summed E-state index contributed by atoms with van der Waals surface area (Å²) >= 11 is 1.37. The van der Waals surface area contributed by atoms with Gasteiger partial charge in [-0.1, -0.05) is 11.8 Å². The van der Waals surface area contributed by atoms with Crippen LogP contribution in [-0.4, -0.2) is 27.3 Å². The molecule has 0 saturated carbocycles. The summed E-state index contributed by atoms with van der Waals surface area (Å²) < 4.78 is 25.1. The molecule has 2 aromatic heterocycles. The summed E-state index contributed by atoms with van der Waals surface area (Å²) in [5, 5.41) is 10.9. The van der Waals surface area contributed by atoms with E-state index in [9.17, 15) is 14.0 Å². The summed E-state index contributed by atoms with van der Waals surface area (Å²) in [4.78, 5) is 23.9. The molecule has 0 aliphatic carbocycles. The van der Waals surface area contributed by atoms with Gasteiger partial charge in [0.25, 0.3) is 5.91 Å². The van der Waals surface area contributed by atoms with Crippen LogP contribution >= 0.6 is 11.8 Å². The SMILES string of the molecule is Cn1cnnc1SCc1cc(=O)c(OCC(=O)Nc2ccc(F)cc2)co1. The number of carbonyl (C=O) groups excluding carboxylic acids is 1. The molecular weight excluding hydrogens is 375 g/mol. The van der Waals surface area contributed by atoms with E-state index in [1.807, 2.05) is 7.05 Å². The number of ether oxygens (including phenoxy) is 1. The van der Waals surface area contributed by atoms with Gasteiger partial charge in [0.1, 0.15) is 24.2 Å². The van der Waals surface area contributed by atoms with E-state index in [1.54, 1.807) is 10.9 Å². The fraction of sp³-hybridized carbons (Fsp3) is 0.176. The first kappa shape index (κ1) is 18.6. The number of amides is 1. The van der Waals surface area contributed by atoms with Crippen LogP contribution in [0.4, 0.5) is 10.1 Å². The monoisotopic (exact) mass is 390 g/mol. The summed E-state index contributed by atoms with van der Waals surface area (Å²) in [6.45, 7) is -0.380. The number of carbonyl (C=O) groups is 1. The Bertz CT molecular complexity index is 987. The van der Waals surface area contributed by atoms with Gasteiger partial charge in [-0.05, 0) is 24.3 Å². The smallest absolute Gasteiger partial charge is 0.262 e. The molecule has 3 rings (SSSR count). The molecular formula is C17H15FN4O4S. The first-order chi connectivity index (χ1) is 13.0. The maximum Gasteiger partial charge on any atom is 0.262 e. The van der Waals surface area contributed by atoms with Gasteiger partial charge in [0.2, 0.25) is 11.2 Å². The Balaban J connectivity index is 1.53. The van der Waals surface area contributed by atoms with E-state index >= 15 is 0 Å². The minimum atomic E-state index is -0.483. The Morgan fingerprint density at radius 1 is 1.37 bits per heavy atom. The quantitative estimate of drug-likeness (QED) is 0.618. The van der Waals surface area contributed by atoms with E-state index < -0.39 is 17.2 Å². The molecule has 0 fully saturated rings. The summed E-state index contributed by atoms with van der Waals surface area (Å²) in [7, 11) is 1.81. The number of hydrogen-bond donors (Lipinski definition) is 1. The summed E-state index contributed by atoms with van der Waals surface area (Å²) in [5.74, 6) is -0.123. The Labute approximate surface area is 157 Å². The van der Waals surface area contributed by atoms with Crippen LogP contribution in [0.2, 0.25) is 0 Å². The highest BCUT2D eigenvalue weighted by Crippen LogP contribution is 2.20. The van der Waals surface area contributed by atoms with Crippen molar-refractivity contribution in [3.05, 3.63) is 64.7 Å². The van der Waals surface area contributed by atoms with E-state index in [1.165, 1.54) is 48.4 Å². The zero-order valence-electron chi connectivity index (χ0n) is 14.2. The topological polar surface area (TPSA) is 99.3 Å². The van der Waals surface area contributed by atoms with Crippen LogP contribution in [0.15, 0.2) is 57.3 Å². The Hall–Kier alpha value is -3.14. The van der Waals surface area contributed by atoms with E-state index in [2.05, 4.69) is 15.5 Å². The van der Waals surface area contributed by atoms with Gasteiger partial charge in [0.15, 0.2) is 11.8 Å². The summed E-state index contributed by atoms with van der Waals surface area (Å²) in [6.07, 6.45) is 2.74. The molecule has 0 saturated heterocycles. The lowest BCUT2D eigenvalue weighted by molar-refractivity contribution is -0.118. The zero-order chi connectivity index (χ0) is 19.2. The largest absolute Gasteiger partial charge is 0.477 e. The van der Waals surface area contributed by atoms with Crippen molar-refractivity contribution >= 4 is 23.4 Å². The van der Waals surface area contributed by atoms with Crippen LogP contribution < -0.4 is 15.5 Å². The molecule has 3 aromatic rings. The summed E-state index contributed by atoms with van der Waals surface area (Å²) in [6, 6.07) is 6.60. The van der Waals surface area contributed by atoms with Gasteiger partial charge in [-0.15, -0.1) is 10.2 Å². The third kappa shape index (κ3) is 5.17. The van der Waals surface area contributed by atoms with Crippen molar-refractivity contribution in [1.82, 2.24) is 14.8 Å². The lowest BCUT2D eigenvalue weighted by Gasteiger charge is -2.07. The average Bonchev–Trinajstić information content (AvgIpc) is 3.06.